The van der Waals surface area contributed by atoms with Crippen molar-refractivity contribution in [1.82, 2.24) is 24.4 Å². The first-order chi connectivity index (χ1) is 19.4. The van der Waals surface area contributed by atoms with Gasteiger partial charge in [0, 0.05) is 19.1 Å². The number of hydrogen-bond donors (Lipinski definition) is 1. The van der Waals surface area contributed by atoms with Crippen LogP contribution in [0.3, 0.4) is 0 Å². The van der Waals surface area contributed by atoms with Gasteiger partial charge in [-0.25, -0.2) is 19.7 Å². The number of aromatic nitrogens is 4. The van der Waals surface area contributed by atoms with Crippen LogP contribution in [-0.4, -0.2) is 61.3 Å². The second-order valence-electron chi connectivity index (χ2n) is 10.6. The first-order valence-electron chi connectivity index (χ1n) is 13.4. The first-order valence-corrected chi connectivity index (χ1v) is 14.6. The molecular weight excluding hydrogens is 554 g/mol. The first kappa shape index (κ1) is 25.7. The molecule has 208 valence electrons. The van der Waals surface area contributed by atoms with E-state index in [2.05, 4.69) is 25.5 Å². The van der Waals surface area contributed by atoms with Gasteiger partial charge in [0.25, 0.3) is 5.79 Å². The molecule has 4 aromatic rings. The van der Waals surface area contributed by atoms with E-state index in [0.29, 0.717) is 40.5 Å². The van der Waals surface area contributed by atoms with Crippen LogP contribution in [0.4, 0.5) is 0 Å². The van der Waals surface area contributed by atoms with E-state index >= 15 is 0 Å². The maximum Gasteiger partial charge on any atom is 0.346 e. The van der Waals surface area contributed by atoms with Gasteiger partial charge >= 0.3 is 5.97 Å². The van der Waals surface area contributed by atoms with Crippen LogP contribution < -0.4 is 9.47 Å². The van der Waals surface area contributed by atoms with Gasteiger partial charge in [-0.3, -0.25) is 4.90 Å². The zero-order chi connectivity index (χ0) is 27.4. The maximum atomic E-state index is 11.5. The van der Waals surface area contributed by atoms with Crippen LogP contribution in [0.15, 0.2) is 36.7 Å². The molecule has 3 aromatic heterocycles. The minimum absolute atomic E-state index is 0.155. The summed E-state index contributed by atoms with van der Waals surface area (Å²) in [5.74, 6) is 0.792. The molecule has 2 atom stereocenters. The Morgan fingerprint density at radius 1 is 1.20 bits per heavy atom. The number of carboxylic acid groups (broad SMARTS) is 1. The van der Waals surface area contributed by atoms with Crippen LogP contribution in [0, 0.1) is 0 Å². The minimum Gasteiger partial charge on any atom is -0.477 e. The van der Waals surface area contributed by atoms with Gasteiger partial charge in [-0.05, 0) is 50.4 Å². The van der Waals surface area contributed by atoms with E-state index < -0.39 is 11.8 Å². The Kier molecular flexibility index (Phi) is 6.42. The van der Waals surface area contributed by atoms with E-state index in [1.807, 2.05) is 19.1 Å². The Hall–Kier alpha value is -3.25. The fourth-order valence-electron chi connectivity index (χ4n) is 5.75. The SMILES string of the molecule is C[C@@]1(c2cnc(Cl)cn2)Oc2cccc(C3CCN(Cc4nc5sc(C(=O)O)cc5n4C[C@@H]4CCO4)CC3)c2O1. The largest absolute Gasteiger partial charge is 0.477 e. The lowest BCUT2D eigenvalue weighted by molar-refractivity contribution is -0.0725. The third-order valence-corrected chi connectivity index (χ3v) is 9.21. The summed E-state index contributed by atoms with van der Waals surface area (Å²) in [5.41, 5.74) is 2.59. The third kappa shape index (κ3) is 4.60. The quantitative estimate of drug-likeness (QED) is 0.320. The number of fused-ring (bicyclic) bond motifs is 2. The van der Waals surface area contributed by atoms with Gasteiger partial charge in [0.15, 0.2) is 11.5 Å². The number of ether oxygens (including phenoxy) is 3. The number of thiophene rings is 1. The van der Waals surface area contributed by atoms with Crippen LogP contribution in [0.1, 0.15) is 58.9 Å². The Morgan fingerprint density at radius 2 is 2.02 bits per heavy atom. The lowest BCUT2D eigenvalue weighted by atomic mass is 9.88. The van der Waals surface area contributed by atoms with Crippen LogP contribution in [0.25, 0.3) is 10.3 Å². The van der Waals surface area contributed by atoms with E-state index in [1.54, 1.807) is 12.3 Å². The Balaban J connectivity index is 1.06. The number of piperidine rings is 1. The van der Waals surface area contributed by atoms with Crippen molar-refractivity contribution in [2.24, 2.45) is 0 Å². The summed E-state index contributed by atoms with van der Waals surface area (Å²) in [6, 6.07) is 7.81. The zero-order valence-electron chi connectivity index (χ0n) is 21.9. The number of carbonyl (C=O) groups is 1. The number of para-hydroxylation sites is 1. The number of nitrogens with zero attached hydrogens (tertiary/aromatic N) is 5. The van der Waals surface area contributed by atoms with E-state index in [1.165, 1.54) is 17.5 Å². The highest BCUT2D eigenvalue weighted by molar-refractivity contribution is 7.20. The predicted octanol–water partition coefficient (Wildman–Crippen LogP) is 5.05. The van der Waals surface area contributed by atoms with Crippen LogP contribution in [0.2, 0.25) is 5.15 Å². The standard InChI is InChI=1S/C28H28ClN5O5S/c1-28(22-12-31-23(29)13-30-22)38-20-4-2-3-18(25(20)39-28)16-5-8-33(9-6-16)15-24-32-26-19(11-21(40-26)27(35)36)34(24)14-17-7-10-37-17/h2-4,11-13,16-17H,5-10,14-15H2,1H3,(H,35,36)/t17-,28+/m0/s1. The Labute approximate surface area is 239 Å². The van der Waals surface area contributed by atoms with Crippen LogP contribution in [0.5, 0.6) is 11.5 Å². The van der Waals surface area contributed by atoms with Gasteiger partial charge in [0.05, 0.1) is 37.1 Å². The Bertz CT molecular complexity index is 1580. The van der Waals surface area contributed by atoms with Gasteiger partial charge in [-0.2, -0.15) is 0 Å². The summed E-state index contributed by atoms with van der Waals surface area (Å²) in [7, 11) is 0. The topological polar surface area (TPSA) is 112 Å². The third-order valence-electron chi connectivity index (χ3n) is 8.01. The molecule has 3 aliphatic rings. The van der Waals surface area contributed by atoms with E-state index in [0.717, 1.165) is 66.4 Å². The molecule has 1 aromatic carbocycles. The highest BCUT2D eigenvalue weighted by Crippen LogP contribution is 2.49. The molecule has 1 N–H and O–H groups in total. The highest BCUT2D eigenvalue weighted by Gasteiger charge is 2.42. The molecule has 0 bridgehead atoms. The molecule has 7 rings (SSSR count). The number of carboxylic acids is 1. The fraction of sp³-hybridized carbons (Fsp3) is 0.429. The van der Waals surface area contributed by atoms with Gasteiger partial charge in [-0.1, -0.05) is 23.7 Å². The summed E-state index contributed by atoms with van der Waals surface area (Å²) in [6.45, 7) is 5.86. The van der Waals surface area contributed by atoms with Crippen molar-refractivity contribution in [1.29, 1.82) is 0 Å². The second-order valence-corrected chi connectivity index (χ2v) is 12.0. The number of imidazole rings is 1. The molecule has 10 nitrogen and oxygen atoms in total. The second kappa shape index (κ2) is 9.99. The van der Waals surface area contributed by atoms with Gasteiger partial charge in [0.1, 0.15) is 26.4 Å². The maximum absolute atomic E-state index is 11.5. The number of likely N-dealkylation sites (tertiary alicyclic amines) is 1. The van der Waals surface area contributed by atoms with E-state index in [9.17, 15) is 9.90 Å². The minimum atomic E-state index is -1.06. The molecule has 0 spiro atoms. The van der Waals surface area contributed by atoms with Gasteiger partial charge < -0.3 is 23.9 Å². The number of rotatable bonds is 7. The molecule has 0 aliphatic carbocycles. The summed E-state index contributed by atoms with van der Waals surface area (Å²) in [6.07, 6.45) is 6.19. The van der Waals surface area contributed by atoms with Crippen molar-refractivity contribution in [3.05, 3.63) is 63.8 Å². The van der Waals surface area contributed by atoms with Gasteiger partial charge in [0.2, 0.25) is 0 Å². The number of benzene rings is 1. The fourth-order valence-corrected chi connectivity index (χ4v) is 6.74. The van der Waals surface area contributed by atoms with Crippen molar-refractivity contribution >= 4 is 39.3 Å². The summed E-state index contributed by atoms with van der Waals surface area (Å²) >= 11 is 7.16. The lowest BCUT2D eigenvalue weighted by Gasteiger charge is -2.33. The van der Waals surface area contributed by atoms with E-state index in [4.69, 9.17) is 30.8 Å². The van der Waals surface area contributed by atoms with Crippen molar-refractivity contribution < 1.29 is 24.1 Å². The van der Waals surface area contributed by atoms with Gasteiger partial charge in [-0.15, -0.1) is 11.3 Å². The molecular formula is C28H28ClN5O5S. The molecule has 3 aliphatic heterocycles. The molecule has 0 radical (unpaired) electrons. The molecule has 6 heterocycles. The monoisotopic (exact) mass is 581 g/mol. The zero-order valence-corrected chi connectivity index (χ0v) is 23.5. The highest BCUT2D eigenvalue weighted by atomic mass is 35.5. The lowest BCUT2D eigenvalue weighted by Crippen LogP contribution is -2.35. The number of aromatic carboxylic acids is 1. The van der Waals surface area contributed by atoms with Crippen LogP contribution in [-0.2, 0) is 23.6 Å². The number of hydrogen-bond acceptors (Lipinski definition) is 9. The summed E-state index contributed by atoms with van der Waals surface area (Å²) in [5, 5.41) is 9.77. The number of halogens is 1. The molecule has 0 unspecified atom stereocenters. The van der Waals surface area contributed by atoms with Crippen LogP contribution >= 0.6 is 22.9 Å². The molecule has 2 fully saturated rings. The van der Waals surface area contributed by atoms with Crippen molar-refractivity contribution in [2.45, 2.75) is 57.1 Å². The molecule has 0 saturated carbocycles. The molecule has 12 heteroatoms. The average molecular weight is 582 g/mol. The van der Waals surface area contributed by atoms with Crippen molar-refractivity contribution in [2.75, 3.05) is 19.7 Å². The molecule has 40 heavy (non-hydrogen) atoms. The van der Waals surface area contributed by atoms with Crippen molar-refractivity contribution in [3.8, 4) is 11.5 Å². The van der Waals surface area contributed by atoms with Crippen molar-refractivity contribution in [3.63, 3.8) is 0 Å². The smallest absolute Gasteiger partial charge is 0.346 e. The Morgan fingerprint density at radius 3 is 2.73 bits per heavy atom. The summed E-state index contributed by atoms with van der Waals surface area (Å²) < 4.78 is 20.5. The summed E-state index contributed by atoms with van der Waals surface area (Å²) in [4.78, 5) is 28.4. The normalized spacial score (nSPS) is 23.0. The molecule has 2 saturated heterocycles. The average Bonchev–Trinajstić information content (AvgIpc) is 3.58. The predicted molar refractivity (Wildman–Crippen MR) is 148 cm³/mol. The van der Waals surface area contributed by atoms with E-state index in [-0.39, 0.29) is 6.10 Å². The molecule has 0 amide bonds.